The summed E-state index contributed by atoms with van der Waals surface area (Å²) >= 11 is 1.69. The molecule has 1 fully saturated rings. The molecule has 1 saturated heterocycles. The van der Waals surface area contributed by atoms with Gasteiger partial charge in [-0.05, 0) is 26.8 Å². The molecule has 1 aliphatic heterocycles. The molecule has 0 N–H and O–H groups in total. The monoisotopic (exact) mass is 303 g/mol. The number of sulfonamides is 1. The number of aryl methyl sites for hydroxylation is 1. The van der Waals surface area contributed by atoms with E-state index in [9.17, 15) is 8.42 Å². The van der Waals surface area contributed by atoms with Crippen LogP contribution in [0.4, 0.5) is 0 Å². The maximum Gasteiger partial charge on any atom is 0.211 e. The van der Waals surface area contributed by atoms with E-state index in [1.54, 1.807) is 15.6 Å². The van der Waals surface area contributed by atoms with E-state index in [0.717, 1.165) is 30.1 Å². The predicted molar refractivity (Wildman–Crippen MR) is 77.8 cm³/mol. The minimum atomic E-state index is -3.03. The molecule has 0 saturated carbocycles. The van der Waals surface area contributed by atoms with E-state index >= 15 is 0 Å². The second-order valence-corrected chi connectivity index (χ2v) is 8.12. The van der Waals surface area contributed by atoms with E-state index in [4.69, 9.17) is 0 Å². The van der Waals surface area contributed by atoms with Crippen LogP contribution >= 0.6 is 11.3 Å². The summed E-state index contributed by atoms with van der Waals surface area (Å²) in [5.74, 6) is 0. The van der Waals surface area contributed by atoms with Crippen LogP contribution in [0.25, 0.3) is 0 Å². The summed E-state index contributed by atoms with van der Waals surface area (Å²) in [6.45, 7) is 4.11. The molecule has 5 nitrogen and oxygen atoms in total. The van der Waals surface area contributed by atoms with Crippen LogP contribution in [0.15, 0.2) is 5.38 Å². The molecule has 2 heterocycles. The molecule has 0 aliphatic carbocycles. The van der Waals surface area contributed by atoms with Crippen LogP contribution in [0, 0.1) is 6.92 Å². The summed E-state index contributed by atoms with van der Waals surface area (Å²) in [6.07, 6.45) is 3.08. The zero-order valence-corrected chi connectivity index (χ0v) is 13.3. The van der Waals surface area contributed by atoms with E-state index in [0.29, 0.717) is 19.1 Å². The van der Waals surface area contributed by atoms with Crippen LogP contribution in [0.3, 0.4) is 0 Å². The maximum atomic E-state index is 11.5. The molecule has 2 rings (SSSR count). The third kappa shape index (κ3) is 3.98. The van der Waals surface area contributed by atoms with E-state index in [1.165, 1.54) is 6.26 Å². The van der Waals surface area contributed by atoms with Crippen molar-refractivity contribution in [2.24, 2.45) is 0 Å². The third-order valence-electron chi connectivity index (χ3n) is 3.57. The Kier molecular flexibility index (Phi) is 4.60. The van der Waals surface area contributed by atoms with Crippen molar-refractivity contribution in [1.29, 1.82) is 0 Å². The zero-order chi connectivity index (χ0) is 14.0. The molecule has 7 heteroatoms. The lowest BCUT2D eigenvalue weighted by atomic mass is 10.1. The molecule has 0 unspecified atom stereocenters. The van der Waals surface area contributed by atoms with E-state index in [1.807, 2.05) is 6.92 Å². The summed E-state index contributed by atoms with van der Waals surface area (Å²) in [7, 11) is -0.931. The predicted octanol–water partition coefficient (Wildman–Crippen LogP) is 1.31. The number of hydrogen-bond donors (Lipinski definition) is 0. The van der Waals surface area contributed by atoms with E-state index < -0.39 is 10.0 Å². The minimum absolute atomic E-state index is 0.446. The second kappa shape index (κ2) is 5.87. The number of piperidine rings is 1. The van der Waals surface area contributed by atoms with Crippen LogP contribution in [0.1, 0.15) is 23.5 Å². The standard InChI is InChI=1S/C12H21N3O2S2/c1-10-9-18-12(13-10)8-14(2)11-4-6-15(7-5-11)19(3,16)17/h9,11H,4-8H2,1-3H3. The van der Waals surface area contributed by atoms with Crippen molar-refractivity contribution < 1.29 is 8.42 Å². The van der Waals surface area contributed by atoms with Gasteiger partial charge in [0.2, 0.25) is 10.0 Å². The maximum absolute atomic E-state index is 11.5. The zero-order valence-electron chi connectivity index (χ0n) is 11.7. The van der Waals surface area contributed by atoms with Crippen molar-refractivity contribution in [3.8, 4) is 0 Å². The summed E-state index contributed by atoms with van der Waals surface area (Å²) in [5.41, 5.74) is 1.07. The smallest absolute Gasteiger partial charge is 0.211 e. The molecular weight excluding hydrogens is 282 g/mol. The van der Waals surface area contributed by atoms with Gasteiger partial charge in [-0.15, -0.1) is 11.3 Å². The fourth-order valence-electron chi connectivity index (χ4n) is 2.43. The molecule has 1 aromatic heterocycles. The van der Waals surface area contributed by atoms with Crippen LogP contribution < -0.4 is 0 Å². The lowest BCUT2D eigenvalue weighted by Crippen LogP contribution is -2.44. The Hall–Kier alpha value is -0.500. The largest absolute Gasteiger partial charge is 0.297 e. The van der Waals surface area contributed by atoms with Crippen LogP contribution in [0.2, 0.25) is 0 Å². The molecule has 1 aliphatic rings. The van der Waals surface area contributed by atoms with Gasteiger partial charge in [0.1, 0.15) is 5.01 Å². The Morgan fingerprint density at radius 1 is 1.47 bits per heavy atom. The quantitative estimate of drug-likeness (QED) is 0.841. The molecule has 0 bridgehead atoms. The van der Waals surface area contributed by atoms with Gasteiger partial charge in [-0.3, -0.25) is 4.90 Å². The summed E-state index contributed by atoms with van der Waals surface area (Å²) in [5, 5.41) is 3.20. The first kappa shape index (κ1) is 14.9. The average Bonchev–Trinajstić information content (AvgIpc) is 2.74. The van der Waals surface area contributed by atoms with Crippen molar-refractivity contribution in [3.63, 3.8) is 0 Å². The van der Waals surface area contributed by atoms with Gasteiger partial charge in [0.25, 0.3) is 0 Å². The highest BCUT2D eigenvalue weighted by Gasteiger charge is 2.27. The lowest BCUT2D eigenvalue weighted by Gasteiger charge is -2.35. The Balaban J connectivity index is 1.87. The van der Waals surface area contributed by atoms with Crippen LogP contribution in [-0.4, -0.2) is 55.0 Å². The first-order valence-electron chi connectivity index (χ1n) is 6.42. The topological polar surface area (TPSA) is 53.5 Å². The summed E-state index contributed by atoms with van der Waals surface area (Å²) < 4.78 is 24.5. The third-order valence-corrected chi connectivity index (χ3v) is 5.82. The Morgan fingerprint density at radius 2 is 2.11 bits per heavy atom. The summed E-state index contributed by atoms with van der Waals surface area (Å²) in [6, 6.07) is 0.446. The fraction of sp³-hybridized carbons (Fsp3) is 0.750. The highest BCUT2D eigenvalue weighted by atomic mass is 32.2. The summed E-state index contributed by atoms with van der Waals surface area (Å²) in [4.78, 5) is 6.76. The van der Waals surface area contributed by atoms with Gasteiger partial charge in [0.05, 0.1) is 12.8 Å². The van der Waals surface area contributed by atoms with E-state index in [2.05, 4.69) is 22.3 Å². The number of thiazole rings is 1. The van der Waals surface area contributed by atoms with Crippen molar-refractivity contribution >= 4 is 21.4 Å². The first-order valence-corrected chi connectivity index (χ1v) is 9.15. The highest BCUT2D eigenvalue weighted by molar-refractivity contribution is 7.88. The molecule has 108 valence electrons. The van der Waals surface area contributed by atoms with Crippen molar-refractivity contribution in [3.05, 3.63) is 16.1 Å². The Morgan fingerprint density at radius 3 is 2.58 bits per heavy atom. The molecule has 19 heavy (non-hydrogen) atoms. The second-order valence-electron chi connectivity index (χ2n) is 5.19. The minimum Gasteiger partial charge on any atom is -0.297 e. The Labute approximate surface area is 119 Å². The van der Waals surface area contributed by atoms with E-state index in [-0.39, 0.29) is 0 Å². The van der Waals surface area contributed by atoms with Crippen LogP contribution in [-0.2, 0) is 16.6 Å². The molecule has 0 amide bonds. The molecule has 0 aromatic carbocycles. The molecule has 0 atom stereocenters. The van der Waals surface area contributed by atoms with Gasteiger partial charge in [-0.2, -0.15) is 0 Å². The van der Waals surface area contributed by atoms with Gasteiger partial charge >= 0.3 is 0 Å². The number of rotatable bonds is 4. The highest BCUT2D eigenvalue weighted by Crippen LogP contribution is 2.20. The van der Waals surface area contributed by atoms with Crippen LogP contribution in [0.5, 0.6) is 0 Å². The van der Waals surface area contributed by atoms with Crippen molar-refractivity contribution in [1.82, 2.24) is 14.2 Å². The first-order chi connectivity index (χ1) is 8.86. The normalized spacial score (nSPS) is 19.2. The van der Waals surface area contributed by atoms with Crippen molar-refractivity contribution in [2.75, 3.05) is 26.4 Å². The molecular formula is C12H21N3O2S2. The lowest BCUT2D eigenvalue weighted by molar-refractivity contribution is 0.162. The SMILES string of the molecule is Cc1csc(CN(C)C2CCN(S(C)(=O)=O)CC2)n1. The number of aromatic nitrogens is 1. The fourth-order valence-corrected chi connectivity index (χ4v) is 4.14. The van der Waals surface area contributed by atoms with Crippen molar-refractivity contribution in [2.45, 2.75) is 32.4 Å². The number of hydrogen-bond acceptors (Lipinski definition) is 5. The Bertz CT molecular complexity index is 519. The number of nitrogens with zero attached hydrogens (tertiary/aromatic N) is 3. The molecule has 0 radical (unpaired) electrons. The van der Waals surface area contributed by atoms with Gasteiger partial charge in [-0.1, -0.05) is 0 Å². The van der Waals surface area contributed by atoms with Gasteiger partial charge in [-0.25, -0.2) is 17.7 Å². The molecule has 1 aromatic rings. The molecule has 0 spiro atoms. The van der Waals surface area contributed by atoms with Gasteiger partial charge in [0.15, 0.2) is 0 Å². The average molecular weight is 303 g/mol. The van der Waals surface area contributed by atoms with Gasteiger partial charge in [0, 0.05) is 30.2 Å². The van der Waals surface area contributed by atoms with Gasteiger partial charge < -0.3 is 0 Å².